The van der Waals surface area contributed by atoms with Crippen molar-refractivity contribution in [2.45, 2.75) is 11.8 Å². The molecule has 0 unspecified atom stereocenters. The highest BCUT2D eigenvalue weighted by Gasteiger charge is 2.16. The van der Waals surface area contributed by atoms with Crippen LogP contribution in [0.15, 0.2) is 87.6 Å². The number of fused-ring (bicyclic) bond motifs is 2. The summed E-state index contributed by atoms with van der Waals surface area (Å²) in [6, 6.07) is 21.9. The number of carbonyl (C=O) groups excluding carboxylic acids is 1. The summed E-state index contributed by atoms with van der Waals surface area (Å²) in [6.07, 6.45) is 1.70. The molecule has 116 valence electrons. The molecule has 0 aromatic heterocycles. The molecule has 3 aromatic carbocycles. The Kier molecular flexibility index (Phi) is 3.79. The van der Waals surface area contributed by atoms with Gasteiger partial charge in [-0.15, -0.1) is 0 Å². The molecule has 3 heteroatoms. The molecule has 1 aliphatic rings. The SMILES string of the molecule is CC1=Nc2ccccc2SC1=CC(=O)c1ccc2ccccc2c1. The molecule has 0 bridgehead atoms. The van der Waals surface area contributed by atoms with Crippen LogP contribution in [0.1, 0.15) is 17.3 Å². The van der Waals surface area contributed by atoms with E-state index in [4.69, 9.17) is 0 Å². The van der Waals surface area contributed by atoms with Crippen LogP contribution >= 0.6 is 11.8 Å². The molecule has 0 saturated carbocycles. The van der Waals surface area contributed by atoms with Gasteiger partial charge in [0.15, 0.2) is 5.78 Å². The first-order valence-corrected chi connectivity index (χ1v) is 8.60. The van der Waals surface area contributed by atoms with Crippen molar-refractivity contribution in [3.63, 3.8) is 0 Å². The number of hydrogen-bond acceptors (Lipinski definition) is 3. The third-order valence-corrected chi connectivity index (χ3v) is 5.22. The first-order chi connectivity index (χ1) is 11.7. The van der Waals surface area contributed by atoms with Crippen molar-refractivity contribution in [3.8, 4) is 0 Å². The van der Waals surface area contributed by atoms with Crippen molar-refractivity contribution in [3.05, 3.63) is 83.3 Å². The summed E-state index contributed by atoms with van der Waals surface area (Å²) >= 11 is 1.60. The summed E-state index contributed by atoms with van der Waals surface area (Å²) in [4.78, 5) is 19.3. The summed E-state index contributed by atoms with van der Waals surface area (Å²) < 4.78 is 0. The molecule has 1 aliphatic heterocycles. The van der Waals surface area contributed by atoms with Gasteiger partial charge in [0.05, 0.1) is 11.4 Å². The third-order valence-electron chi connectivity index (χ3n) is 4.03. The Morgan fingerprint density at radius 2 is 1.71 bits per heavy atom. The molecule has 0 aliphatic carbocycles. The number of nitrogens with zero attached hydrogens (tertiary/aromatic N) is 1. The van der Waals surface area contributed by atoms with E-state index < -0.39 is 0 Å². The maximum atomic E-state index is 12.7. The molecule has 0 fully saturated rings. The number of allylic oxidation sites excluding steroid dienone is 2. The summed E-state index contributed by atoms with van der Waals surface area (Å²) in [7, 11) is 0. The molecule has 0 N–H and O–H groups in total. The number of aliphatic imine (C=N–C) groups is 1. The van der Waals surface area contributed by atoms with Crippen LogP contribution in [0.25, 0.3) is 10.8 Å². The maximum Gasteiger partial charge on any atom is 0.187 e. The zero-order valence-electron chi connectivity index (χ0n) is 13.2. The standard InChI is InChI=1S/C21H15NOS/c1-14-21(24-20-9-5-4-8-18(20)22-14)13-19(23)17-11-10-15-6-2-3-7-16(15)12-17/h2-13H,1H3. The molecule has 4 rings (SSSR count). The van der Waals surface area contributed by atoms with Gasteiger partial charge in [0.1, 0.15) is 0 Å². The van der Waals surface area contributed by atoms with Gasteiger partial charge in [0.2, 0.25) is 0 Å². The zero-order valence-corrected chi connectivity index (χ0v) is 14.0. The minimum absolute atomic E-state index is 0.0113. The van der Waals surface area contributed by atoms with Crippen molar-refractivity contribution in [2.75, 3.05) is 0 Å². The van der Waals surface area contributed by atoms with Gasteiger partial charge in [-0.2, -0.15) is 0 Å². The Morgan fingerprint density at radius 1 is 0.958 bits per heavy atom. The number of carbonyl (C=O) groups is 1. The number of rotatable bonds is 2. The van der Waals surface area contributed by atoms with Crippen molar-refractivity contribution in [2.24, 2.45) is 4.99 Å². The van der Waals surface area contributed by atoms with Gasteiger partial charge in [-0.05, 0) is 35.9 Å². The van der Waals surface area contributed by atoms with Crippen LogP contribution in [0.3, 0.4) is 0 Å². The highest BCUT2D eigenvalue weighted by atomic mass is 32.2. The number of hydrogen-bond donors (Lipinski definition) is 0. The molecule has 0 atom stereocenters. The molecule has 24 heavy (non-hydrogen) atoms. The van der Waals surface area contributed by atoms with E-state index in [2.05, 4.69) is 4.99 Å². The average Bonchev–Trinajstić information content (AvgIpc) is 2.62. The normalized spacial score (nSPS) is 15.2. The lowest BCUT2D eigenvalue weighted by molar-refractivity contribution is 0.104. The Hall–Kier alpha value is -2.65. The quantitative estimate of drug-likeness (QED) is 0.439. The van der Waals surface area contributed by atoms with Crippen LogP contribution in [-0.2, 0) is 0 Å². The second-order valence-electron chi connectivity index (χ2n) is 5.70. The van der Waals surface area contributed by atoms with E-state index in [0.717, 1.165) is 32.0 Å². The second kappa shape index (κ2) is 6.10. The van der Waals surface area contributed by atoms with Crippen LogP contribution in [0.5, 0.6) is 0 Å². The predicted molar refractivity (Wildman–Crippen MR) is 101 cm³/mol. The topological polar surface area (TPSA) is 29.4 Å². The van der Waals surface area contributed by atoms with E-state index >= 15 is 0 Å². The van der Waals surface area contributed by atoms with E-state index in [1.54, 1.807) is 17.8 Å². The van der Waals surface area contributed by atoms with Crippen LogP contribution in [-0.4, -0.2) is 11.5 Å². The Bertz CT molecular complexity index is 1020. The van der Waals surface area contributed by atoms with Crippen molar-refractivity contribution in [1.29, 1.82) is 0 Å². The summed E-state index contributed by atoms with van der Waals surface area (Å²) in [5.74, 6) is 0.0113. The van der Waals surface area contributed by atoms with Gasteiger partial charge in [-0.1, -0.05) is 60.3 Å². The average molecular weight is 329 g/mol. The van der Waals surface area contributed by atoms with Gasteiger partial charge in [-0.25, -0.2) is 0 Å². The van der Waals surface area contributed by atoms with E-state index in [0.29, 0.717) is 5.56 Å². The van der Waals surface area contributed by atoms with Crippen LogP contribution < -0.4 is 0 Å². The predicted octanol–water partition coefficient (Wildman–Crippen LogP) is 5.80. The fraction of sp³-hybridized carbons (Fsp3) is 0.0476. The largest absolute Gasteiger partial charge is 0.289 e. The molecular weight excluding hydrogens is 314 g/mol. The number of thioether (sulfide) groups is 1. The van der Waals surface area contributed by atoms with Gasteiger partial charge in [0.25, 0.3) is 0 Å². The Morgan fingerprint density at radius 3 is 2.58 bits per heavy atom. The van der Waals surface area contributed by atoms with Crippen molar-refractivity contribution in [1.82, 2.24) is 0 Å². The molecule has 0 saturated heterocycles. The lowest BCUT2D eigenvalue weighted by Crippen LogP contribution is -2.03. The summed E-state index contributed by atoms with van der Waals surface area (Å²) in [5, 5.41) is 2.22. The molecule has 1 heterocycles. The molecule has 3 aromatic rings. The highest BCUT2D eigenvalue weighted by molar-refractivity contribution is 8.04. The third kappa shape index (κ3) is 2.79. The van der Waals surface area contributed by atoms with E-state index in [1.807, 2.05) is 73.7 Å². The van der Waals surface area contributed by atoms with E-state index in [9.17, 15) is 4.79 Å². The monoisotopic (exact) mass is 329 g/mol. The Labute approximate surface area is 144 Å². The van der Waals surface area contributed by atoms with Gasteiger partial charge in [-0.3, -0.25) is 9.79 Å². The molecule has 2 nitrogen and oxygen atoms in total. The van der Waals surface area contributed by atoms with Crippen LogP contribution in [0.4, 0.5) is 5.69 Å². The summed E-state index contributed by atoms with van der Waals surface area (Å²) in [5.41, 5.74) is 2.55. The first-order valence-electron chi connectivity index (χ1n) is 7.78. The lowest BCUT2D eigenvalue weighted by Gasteiger charge is -2.15. The highest BCUT2D eigenvalue weighted by Crippen LogP contribution is 2.39. The van der Waals surface area contributed by atoms with Gasteiger partial charge >= 0.3 is 0 Å². The van der Waals surface area contributed by atoms with Gasteiger partial charge < -0.3 is 0 Å². The summed E-state index contributed by atoms with van der Waals surface area (Å²) in [6.45, 7) is 1.95. The van der Waals surface area contributed by atoms with Crippen LogP contribution in [0.2, 0.25) is 0 Å². The molecule has 0 amide bonds. The number of benzene rings is 3. The molecular formula is C21H15NOS. The Balaban J connectivity index is 1.68. The number of para-hydroxylation sites is 1. The maximum absolute atomic E-state index is 12.7. The first kappa shape index (κ1) is 14.9. The minimum Gasteiger partial charge on any atom is -0.289 e. The van der Waals surface area contributed by atoms with E-state index in [1.165, 1.54) is 0 Å². The fourth-order valence-corrected chi connectivity index (χ4v) is 3.70. The lowest BCUT2D eigenvalue weighted by atomic mass is 10.0. The molecule has 0 spiro atoms. The van der Waals surface area contributed by atoms with Gasteiger partial charge in [0, 0.05) is 21.4 Å². The van der Waals surface area contributed by atoms with E-state index in [-0.39, 0.29) is 5.78 Å². The smallest absolute Gasteiger partial charge is 0.187 e. The minimum atomic E-state index is 0.0113. The van der Waals surface area contributed by atoms with Crippen molar-refractivity contribution >= 4 is 39.7 Å². The van der Waals surface area contributed by atoms with Crippen LogP contribution in [0, 0.1) is 0 Å². The van der Waals surface area contributed by atoms with Crippen molar-refractivity contribution < 1.29 is 4.79 Å². The zero-order chi connectivity index (χ0) is 16.5. The fourth-order valence-electron chi connectivity index (χ4n) is 2.74. The second-order valence-corrected chi connectivity index (χ2v) is 6.79. The number of ketones is 1. The molecule has 0 radical (unpaired) electrons.